The third kappa shape index (κ3) is 2.82. The van der Waals surface area contributed by atoms with Crippen molar-refractivity contribution >= 4 is 23.4 Å². The fourth-order valence-corrected chi connectivity index (χ4v) is 2.97. The van der Waals surface area contributed by atoms with Crippen molar-refractivity contribution in [3.05, 3.63) is 48.0 Å². The van der Waals surface area contributed by atoms with E-state index in [4.69, 9.17) is 0 Å². The molecule has 25 heavy (non-hydrogen) atoms. The van der Waals surface area contributed by atoms with Crippen LogP contribution in [-0.2, 0) is 4.79 Å². The van der Waals surface area contributed by atoms with Crippen molar-refractivity contribution < 1.29 is 14.4 Å². The molecular weight excluding hydrogens is 320 g/mol. The van der Waals surface area contributed by atoms with Crippen molar-refractivity contribution in [2.45, 2.75) is 25.8 Å². The topological polar surface area (TPSA) is 84.3 Å². The van der Waals surface area contributed by atoms with Gasteiger partial charge in [0.25, 0.3) is 11.8 Å². The summed E-state index contributed by atoms with van der Waals surface area (Å²) < 4.78 is 1.69. The van der Waals surface area contributed by atoms with Crippen LogP contribution in [0.4, 0.5) is 5.69 Å². The molecule has 1 unspecified atom stereocenters. The maximum atomic E-state index is 12.5. The molecule has 3 amide bonds. The molecule has 0 bridgehead atoms. The lowest BCUT2D eigenvalue weighted by molar-refractivity contribution is -0.118. The largest absolute Gasteiger partial charge is 0.325 e. The Kier molecular flexibility index (Phi) is 3.63. The van der Waals surface area contributed by atoms with Crippen molar-refractivity contribution in [3.63, 3.8) is 0 Å². The highest BCUT2D eigenvalue weighted by molar-refractivity contribution is 6.21. The zero-order valence-corrected chi connectivity index (χ0v) is 13.8. The Morgan fingerprint density at radius 1 is 1.28 bits per heavy atom. The third-order valence-corrected chi connectivity index (χ3v) is 4.73. The number of fused-ring (bicyclic) bond motifs is 1. The summed E-state index contributed by atoms with van der Waals surface area (Å²) in [6.07, 6.45) is 7.04. The van der Waals surface area contributed by atoms with Crippen molar-refractivity contribution in [2.24, 2.45) is 5.92 Å². The van der Waals surface area contributed by atoms with Gasteiger partial charge < -0.3 is 9.88 Å². The molecule has 2 heterocycles. The number of amides is 3. The highest BCUT2D eigenvalue weighted by atomic mass is 16.2. The van der Waals surface area contributed by atoms with Gasteiger partial charge >= 0.3 is 0 Å². The molecule has 4 rings (SSSR count). The van der Waals surface area contributed by atoms with Gasteiger partial charge in [-0.2, -0.15) is 0 Å². The van der Waals surface area contributed by atoms with Crippen LogP contribution in [0.5, 0.6) is 0 Å². The average Bonchev–Trinajstić information content (AvgIpc) is 3.20. The summed E-state index contributed by atoms with van der Waals surface area (Å²) in [4.78, 5) is 42.5. The van der Waals surface area contributed by atoms with E-state index in [0.717, 1.165) is 12.8 Å². The zero-order valence-electron chi connectivity index (χ0n) is 13.8. The number of imide groups is 1. The lowest BCUT2D eigenvalue weighted by Crippen LogP contribution is -2.31. The second-order valence-corrected chi connectivity index (χ2v) is 6.60. The minimum atomic E-state index is -0.431. The SMILES string of the molecule is CC(C(=O)Nc1ccc2c(c1)C(=O)N(CC1CC1)C2=O)n1ccnc1. The maximum Gasteiger partial charge on any atom is 0.261 e. The number of nitrogens with zero attached hydrogens (tertiary/aromatic N) is 3. The van der Waals surface area contributed by atoms with Crippen molar-refractivity contribution in [3.8, 4) is 0 Å². The van der Waals surface area contributed by atoms with E-state index in [1.54, 1.807) is 48.4 Å². The summed E-state index contributed by atoms with van der Waals surface area (Å²) in [6, 6.07) is 4.42. The van der Waals surface area contributed by atoms with Gasteiger partial charge in [-0.25, -0.2) is 4.98 Å². The fourth-order valence-electron chi connectivity index (χ4n) is 2.97. The van der Waals surface area contributed by atoms with Crippen LogP contribution in [0.15, 0.2) is 36.9 Å². The number of carbonyl (C=O) groups excluding carboxylic acids is 3. The Balaban J connectivity index is 1.52. The molecule has 1 N–H and O–H groups in total. The number of aromatic nitrogens is 2. The number of carbonyl (C=O) groups is 3. The van der Waals surface area contributed by atoms with Crippen LogP contribution in [0.3, 0.4) is 0 Å². The molecule has 1 atom stereocenters. The van der Waals surface area contributed by atoms with Gasteiger partial charge in [0.05, 0.1) is 17.5 Å². The smallest absolute Gasteiger partial charge is 0.261 e. The van der Waals surface area contributed by atoms with Crippen molar-refractivity contribution in [2.75, 3.05) is 11.9 Å². The fraction of sp³-hybridized carbons (Fsp3) is 0.333. The van der Waals surface area contributed by atoms with Gasteiger partial charge in [-0.1, -0.05) is 0 Å². The minimum Gasteiger partial charge on any atom is -0.325 e. The number of nitrogens with one attached hydrogen (secondary N) is 1. The predicted octanol–water partition coefficient (Wildman–Crippen LogP) is 2.09. The molecule has 7 nitrogen and oxygen atoms in total. The summed E-state index contributed by atoms with van der Waals surface area (Å²) in [5.41, 5.74) is 1.27. The van der Waals surface area contributed by atoms with E-state index < -0.39 is 6.04 Å². The van der Waals surface area contributed by atoms with Crippen LogP contribution in [0.2, 0.25) is 0 Å². The zero-order chi connectivity index (χ0) is 17.6. The first kappa shape index (κ1) is 15.6. The first-order valence-corrected chi connectivity index (χ1v) is 8.33. The van der Waals surface area contributed by atoms with Gasteiger partial charge in [-0.05, 0) is 43.9 Å². The third-order valence-electron chi connectivity index (χ3n) is 4.73. The quantitative estimate of drug-likeness (QED) is 0.846. The second-order valence-electron chi connectivity index (χ2n) is 6.60. The van der Waals surface area contributed by atoms with Crippen molar-refractivity contribution in [1.29, 1.82) is 0 Å². The van der Waals surface area contributed by atoms with Gasteiger partial charge in [-0.15, -0.1) is 0 Å². The molecule has 0 radical (unpaired) electrons. The molecule has 1 aromatic heterocycles. The van der Waals surface area contributed by atoms with Crippen LogP contribution in [0.1, 0.15) is 46.5 Å². The molecule has 1 fully saturated rings. The highest BCUT2D eigenvalue weighted by Crippen LogP contribution is 2.33. The summed E-state index contributed by atoms with van der Waals surface area (Å²) in [7, 11) is 0. The Morgan fingerprint density at radius 2 is 2.04 bits per heavy atom. The normalized spacial score (nSPS) is 17.6. The van der Waals surface area contributed by atoms with E-state index in [-0.39, 0.29) is 17.7 Å². The standard InChI is InChI=1S/C18H18N4O3/c1-11(21-7-6-19-10-21)16(23)20-13-4-5-14-15(8-13)18(25)22(17(14)24)9-12-2-3-12/h4-8,10-12H,2-3,9H2,1H3,(H,20,23). The first-order valence-electron chi connectivity index (χ1n) is 8.33. The van der Waals surface area contributed by atoms with Gasteiger partial charge in [0.2, 0.25) is 5.91 Å². The van der Waals surface area contributed by atoms with Crippen LogP contribution >= 0.6 is 0 Å². The average molecular weight is 338 g/mol. The minimum absolute atomic E-state index is 0.218. The predicted molar refractivity (Wildman–Crippen MR) is 90.1 cm³/mol. The maximum absolute atomic E-state index is 12.5. The first-order chi connectivity index (χ1) is 12.0. The molecule has 0 saturated heterocycles. The molecule has 2 aromatic rings. The summed E-state index contributed by atoms with van der Waals surface area (Å²) >= 11 is 0. The number of hydrogen-bond donors (Lipinski definition) is 1. The van der Waals surface area contributed by atoms with E-state index in [1.807, 2.05) is 0 Å². The van der Waals surface area contributed by atoms with Gasteiger partial charge in [0.15, 0.2) is 0 Å². The van der Waals surface area contributed by atoms with Crippen LogP contribution in [0, 0.1) is 5.92 Å². The Labute approximate surface area is 144 Å². The number of hydrogen-bond acceptors (Lipinski definition) is 4. The number of benzene rings is 1. The molecule has 7 heteroatoms. The summed E-state index contributed by atoms with van der Waals surface area (Å²) in [5, 5.41) is 2.79. The lowest BCUT2D eigenvalue weighted by Gasteiger charge is -2.13. The lowest BCUT2D eigenvalue weighted by atomic mass is 10.1. The van der Waals surface area contributed by atoms with E-state index in [9.17, 15) is 14.4 Å². The van der Waals surface area contributed by atoms with Crippen molar-refractivity contribution in [1.82, 2.24) is 14.5 Å². The van der Waals surface area contributed by atoms with E-state index in [2.05, 4.69) is 10.3 Å². The van der Waals surface area contributed by atoms with Gasteiger partial charge in [0.1, 0.15) is 6.04 Å². The number of anilines is 1. The Hall–Kier alpha value is -2.96. The number of imidazole rings is 1. The molecule has 0 spiro atoms. The number of rotatable bonds is 5. The molecule has 1 saturated carbocycles. The molecule has 1 aromatic carbocycles. The van der Waals surface area contributed by atoms with Crippen LogP contribution < -0.4 is 5.32 Å². The van der Waals surface area contributed by atoms with E-state index in [1.165, 1.54) is 4.90 Å². The summed E-state index contributed by atoms with van der Waals surface area (Å²) in [6.45, 7) is 2.25. The molecule has 1 aliphatic carbocycles. The van der Waals surface area contributed by atoms with Crippen LogP contribution in [0.25, 0.3) is 0 Å². The highest BCUT2D eigenvalue weighted by Gasteiger charge is 2.38. The monoisotopic (exact) mass is 338 g/mol. The summed E-state index contributed by atoms with van der Waals surface area (Å²) in [5.74, 6) is -0.288. The van der Waals surface area contributed by atoms with E-state index in [0.29, 0.717) is 29.3 Å². The molecule has 1 aliphatic heterocycles. The van der Waals surface area contributed by atoms with Gasteiger partial charge in [0, 0.05) is 24.6 Å². The Bertz CT molecular complexity index is 855. The second kappa shape index (κ2) is 5.84. The van der Waals surface area contributed by atoms with Crippen LogP contribution in [-0.4, -0.2) is 38.7 Å². The molecular formula is C18H18N4O3. The van der Waals surface area contributed by atoms with Gasteiger partial charge in [-0.3, -0.25) is 19.3 Å². The molecule has 2 aliphatic rings. The Morgan fingerprint density at radius 3 is 2.72 bits per heavy atom. The molecule has 128 valence electrons. The van der Waals surface area contributed by atoms with E-state index >= 15 is 0 Å².